The molecule has 4 aromatic rings. The van der Waals surface area contributed by atoms with Gasteiger partial charge in [0.25, 0.3) is 5.91 Å². The molecule has 0 bridgehead atoms. The Morgan fingerprint density at radius 2 is 1.91 bits per heavy atom. The zero-order chi connectivity index (χ0) is 30.8. The molecule has 1 unspecified atom stereocenters. The molecule has 2 amide bonds. The van der Waals surface area contributed by atoms with Crippen LogP contribution in [0.2, 0.25) is 0 Å². The Labute approximate surface area is 249 Å². The van der Waals surface area contributed by atoms with E-state index in [-0.39, 0.29) is 36.4 Å². The maximum Gasteiger partial charge on any atom is 0.433 e. The fourth-order valence-corrected chi connectivity index (χ4v) is 5.05. The summed E-state index contributed by atoms with van der Waals surface area (Å²) in [5.41, 5.74) is -0.364. The fourth-order valence-electron chi connectivity index (χ4n) is 4.84. The van der Waals surface area contributed by atoms with Gasteiger partial charge in [0, 0.05) is 42.9 Å². The van der Waals surface area contributed by atoms with E-state index in [1.54, 1.807) is 54.5 Å². The molecule has 1 aromatic carbocycles. The number of fused-ring (bicyclic) bond motifs is 1. The van der Waals surface area contributed by atoms with E-state index in [2.05, 4.69) is 20.4 Å². The van der Waals surface area contributed by atoms with Crippen molar-refractivity contribution in [3.8, 4) is 5.75 Å². The minimum atomic E-state index is -4.71. The Morgan fingerprint density at radius 1 is 1.14 bits per heavy atom. The lowest BCUT2D eigenvalue weighted by molar-refractivity contribution is -0.141. The van der Waals surface area contributed by atoms with E-state index in [9.17, 15) is 27.9 Å². The summed E-state index contributed by atoms with van der Waals surface area (Å²) in [6, 6.07) is 11.5. The van der Waals surface area contributed by atoms with Gasteiger partial charge in [0.2, 0.25) is 5.91 Å². The molecule has 1 aliphatic rings. The van der Waals surface area contributed by atoms with Crippen LogP contribution in [0.15, 0.2) is 60.9 Å². The van der Waals surface area contributed by atoms with Crippen LogP contribution in [-0.4, -0.2) is 59.7 Å². The van der Waals surface area contributed by atoms with Crippen LogP contribution in [-0.2, 0) is 24.1 Å². The Kier molecular flexibility index (Phi) is 8.56. The van der Waals surface area contributed by atoms with Gasteiger partial charge in [-0.15, -0.1) is 0 Å². The number of benzene rings is 1. The molecule has 10 nitrogen and oxygen atoms in total. The molecule has 43 heavy (non-hydrogen) atoms. The summed E-state index contributed by atoms with van der Waals surface area (Å²) in [6.45, 7) is 2.46. The van der Waals surface area contributed by atoms with E-state index < -0.39 is 28.5 Å². The number of carbonyl (C=O) groups is 2. The molecule has 0 spiro atoms. The van der Waals surface area contributed by atoms with Gasteiger partial charge in [-0.25, -0.2) is 4.98 Å². The number of amides is 2. The number of carbonyl (C=O) groups excluding carboxylic acids is 2. The minimum absolute atomic E-state index is 0.0430. The van der Waals surface area contributed by atoms with E-state index in [0.29, 0.717) is 42.5 Å². The Hall–Kier alpha value is -4.23. The van der Waals surface area contributed by atoms with Crippen LogP contribution >= 0.6 is 11.6 Å². The lowest BCUT2D eigenvalue weighted by atomic mass is 9.91. The third-order valence-corrected chi connectivity index (χ3v) is 7.47. The molecule has 3 aromatic heterocycles. The molecule has 0 saturated carbocycles. The molecule has 226 valence electrons. The Morgan fingerprint density at radius 3 is 2.58 bits per heavy atom. The maximum absolute atomic E-state index is 13.2. The summed E-state index contributed by atoms with van der Waals surface area (Å²) in [5, 5.41) is 16.4. The predicted octanol–water partition coefficient (Wildman–Crippen LogP) is 4.86. The van der Waals surface area contributed by atoms with E-state index in [1.165, 1.54) is 10.7 Å². The van der Waals surface area contributed by atoms with E-state index in [4.69, 9.17) is 16.3 Å². The normalized spacial score (nSPS) is 15.7. The molecule has 4 heterocycles. The second-order valence-corrected chi connectivity index (χ2v) is 11.1. The molecule has 2 N–H and O–H groups in total. The monoisotopic (exact) mass is 616 g/mol. The van der Waals surface area contributed by atoms with Gasteiger partial charge in [-0.3, -0.25) is 19.3 Å². The van der Waals surface area contributed by atoms with Gasteiger partial charge in [-0.2, -0.15) is 18.3 Å². The number of aliphatic hydroxyl groups is 1. The molecule has 0 radical (unpaired) electrons. The van der Waals surface area contributed by atoms with Crippen molar-refractivity contribution in [2.45, 2.75) is 44.2 Å². The number of hydrogen-bond acceptors (Lipinski definition) is 7. The summed E-state index contributed by atoms with van der Waals surface area (Å²) in [6.07, 6.45) is -0.334. The van der Waals surface area contributed by atoms with Crippen molar-refractivity contribution in [2.24, 2.45) is 5.92 Å². The Bertz CT molecular complexity index is 1620. The van der Waals surface area contributed by atoms with Crippen LogP contribution in [0.25, 0.3) is 10.9 Å². The largest absolute Gasteiger partial charge is 0.485 e. The second kappa shape index (κ2) is 12.2. The van der Waals surface area contributed by atoms with Crippen molar-refractivity contribution in [2.75, 3.05) is 18.4 Å². The van der Waals surface area contributed by atoms with Gasteiger partial charge in [0.05, 0.1) is 16.9 Å². The summed E-state index contributed by atoms with van der Waals surface area (Å²) in [4.78, 5) is 35.3. The number of nitrogens with zero attached hydrogens (tertiary/aromatic N) is 5. The first kappa shape index (κ1) is 30.2. The highest BCUT2D eigenvalue weighted by atomic mass is 35.5. The molecular formula is C29H28ClF3N6O4. The number of pyridine rings is 2. The number of rotatable bonds is 8. The van der Waals surface area contributed by atoms with Gasteiger partial charge in [-0.05, 0) is 50.1 Å². The Balaban J connectivity index is 1.37. The van der Waals surface area contributed by atoms with Gasteiger partial charge in [-0.1, -0.05) is 23.7 Å². The molecule has 5 rings (SSSR count). The molecule has 0 aliphatic carbocycles. The fraction of sp³-hybridized carbons (Fsp3) is 0.345. The minimum Gasteiger partial charge on any atom is -0.485 e. The molecule has 1 atom stereocenters. The highest BCUT2D eigenvalue weighted by Crippen LogP contribution is 2.33. The topological polar surface area (TPSA) is 122 Å². The van der Waals surface area contributed by atoms with Crippen molar-refractivity contribution < 1.29 is 32.6 Å². The number of hydrogen-bond donors (Lipinski definition) is 2. The first-order valence-electron chi connectivity index (χ1n) is 13.5. The number of alkyl halides is 4. The van der Waals surface area contributed by atoms with Gasteiger partial charge < -0.3 is 20.1 Å². The lowest BCUT2D eigenvalue weighted by Gasteiger charge is -2.36. The van der Waals surface area contributed by atoms with Crippen molar-refractivity contribution >= 4 is 40.0 Å². The average molecular weight is 617 g/mol. The SMILES string of the molecule is CC(O)(Cl)C1CCN(C(=O)Cn2cc3cc(NC(=O)c4cccc(C(F)(F)F)n4)c(OCc4ccccn4)cc3n2)CC1. The van der Waals surface area contributed by atoms with Gasteiger partial charge >= 0.3 is 6.18 Å². The van der Waals surface area contributed by atoms with Crippen LogP contribution in [0.3, 0.4) is 0 Å². The molecule has 1 saturated heterocycles. The van der Waals surface area contributed by atoms with Crippen molar-refractivity contribution in [3.63, 3.8) is 0 Å². The molecule has 14 heteroatoms. The van der Waals surface area contributed by atoms with Crippen molar-refractivity contribution in [1.82, 2.24) is 24.6 Å². The average Bonchev–Trinajstić information content (AvgIpc) is 3.36. The van der Waals surface area contributed by atoms with Crippen LogP contribution in [0, 0.1) is 5.92 Å². The highest BCUT2D eigenvalue weighted by molar-refractivity contribution is 6.22. The summed E-state index contributed by atoms with van der Waals surface area (Å²) >= 11 is 6.04. The van der Waals surface area contributed by atoms with Crippen molar-refractivity contribution in [3.05, 3.63) is 78.0 Å². The highest BCUT2D eigenvalue weighted by Gasteiger charge is 2.34. The number of ether oxygens (including phenoxy) is 1. The molecule has 1 fully saturated rings. The van der Waals surface area contributed by atoms with Crippen LogP contribution < -0.4 is 10.1 Å². The number of aromatic nitrogens is 4. The zero-order valence-corrected chi connectivity index (χ0v) is 23.8. The van der Waals surface area contributed by atoms with Crippen LogP contribution in [0.1, 0.15) is 41.6 Å². The number of likely N-dealkylation sites (tertiary alicyclic amines) is 1. The summed E-state index contributed by atoms with van der Waals surface area (Å²) in [5.74, 6) is -0.939. The maximum atomic E-state index is 13.2. The van der Waals surface area contributed by atoms with Gasteiger partial charge in [0.15, 0.2) is 0 Å². The standard InChI is InChI=1S/C29H28ClF3N6O4/c1-28(30,42)19-8-11-38(12-9-19)26(40)16-39-15-18-13-23(36-27(41)21-6-4-7-25(35-21)29(31,32)33)24(14-22(18)37-39)43-17-20-5-2-3-10-34-20/h2-7,10,13-15,19,42H,8-9,11-12,16-17H2,1H3,(H,36,41). The third kappa shape index (κ3) is 7.41. The van der Waals surface area contributed by atoms with E-state index in [0.717, 1.165) is 12.1 Å². The number of piperidine rings is 1. The summed E-state index contributed by atoms with van der Waals surface area (Å²) < 4.78 is 46.9. The summed E-state index contributed by atoms with van der Waals surface area (Å²) in [7, 11) is 0. The van der Waals surface area contributed by atoms with Crippen molar-refractivity contribution in [1.29, 1.82) is 0 Å². The first-order valence-corrected chi connectivity index (χ1v) is 13.8. The van der Waals surface area contributed by atoms with E-state index in [1.807, 2.05) is 0 Å². The lowest BCUT2D eigenvalue weighted by Crippen LogP contribution is -2.44. The number of halogens is 4. The smallest absolute Gasteiger partial charge is 0.433 e. The third-order valence-electron chi connectivity index (χ3n) is 7.17. The van der Waals surface area contributed by atoms with Crippen LogP contribution in [0.5, 0.6) is 5.75 Å². The number of anilines is 1. The molecular weight excluding hydrogens is 589 g/mol. The van der Waals surface area contributed by atoms with Crippen LogP contribution in [0.4, 0.5) is 18.9 Å². The van der Waals surface area contributed by atoms with E-state index >= 15 is 0 Å². The molecule has 1 aliphatic heterocycles. The first-order chi connectivity index (χ1) is 20.4. The van der Waals surface area contributed by atoms with Gasteiger partial charge in [0.1, 0.15) is 35.3 Å². The zero-order valence-electron chi connectivity index (χ0n) is 23.0. The quantitative estimate of drug-likeness (QED) is 0.271. The number of nitrogens with one attached hydrogen (secondary N) is 1. The second-order valence-electron chi connectivity index (χ2n) is 10.4. The predicted molar refractivity (Wildman–Crippen MR) is 151 cm³/mol.